The van der Waals surface area contributed by atoms with E-state index in [9.17, 15) is 18.0 Å². The van der Waals surface area contributed by atoms with E-state index in [2.05, 4.69) is 5.32 Å². The molecule has 1 N–H and O–H groups in total. The monoisotopic (exact) mass is 479 g/mol. The summed E-state index contributed by atoms with van der Waals surface area (Å²) >= 11 is 5.85. The number of rotatable bonds is 10. The van der Waals surface area contributed by atoms with Crippen LogP contribution in [0, 0.1) is 0 Å². The molecule has 2 rings (SSSR count). The van der Waals surface area contributed by atoms with E-state index in [1.165, 1.54) is 36.2 Å². The molecule has 0 spiro atoms. The van der Waals surface area contributed by atoms with Crippen LogP contribution < -0.4 is 5.32 Å². The standard InChI is InChI=1S/C23H30ClN3O4S/c1-5-17(2)25-23(29)18(3)27(15-19-9-7-6-8-10-19)22(28)16-26(4)32(30,31)21-13-11-20(24)12-14-21/h6-14,17-18H,5,15-16H2,1-4H3,(H,25,29). The third-order valence-electron chi connectivity index (χ3n) is 5.24. The molecule has 0 aliphatic heterocycles. The van der Waals surface area contributed by atoms with Gasteiger partial charge >= 0.3 is 0 Å². The summed E-state index contributed by atoms with van der Waals surface area (Å²) in [6, 6.07) is 14.2. The highest BCUT2D eigenvalue weighted by Crippen LogP contribution is 2.18. The number of carbonyl (C=O) groups is 2. The average molecular weight is 480 g/mol. The number of likely N-dealkylation sites (N-methyl/N-ethyl adjacent to an activating group) is 1. The van der Waals surface area contributed by atoms with Crippen molar-refractivity contribution >= 4 is 33.4 Å². The number of carbonyl (C=O) groups excluding carboxylic acids is 2. The molecule has 2 amide bonds. The third kappa shape index (κ3) is 6.79. The SMILES string of the molecule is CCC(C)NC(=O)C(C)N(Cc1ccccc1)C(=O)CN(C)S(=O)(=O)c1ccc(Cl)cc1. The zero-order valence-electron chi connectivity index (χ0n) is 18.8. The minimum absolute atomic E-state index is 0.0356. The first-order chi connectivity index (χ1) is 15.1. The molecule has 0 aliphatic carbocycles. The number of amides is 2. The number of hydrogen-bond donors (Lipinski definition) is 1. The molecule has 7 nitrogen and oxygen atoms in total. The van der Waals surface area contributed by atoms with Crippen LogP contribution in [0.15, 0.2) is 59.5 Å². The van der Waals surface area contributed by atoms with E-state index >= 15 is 0 Å². The molecular formula is C23H30ClN3O4S. The van der Waals surface area contributed by atoms with Gasteiger partial charge in [-0.25, -0.2) is 8.42 Å². The van der Waals surface area contributed by atoms with Crippen molar-refractivity contribution in [1.29, 1.82) is 0 Å². The van der Waals surface area contributed by atoms with Gasteiger partial charge in [0.25, 0.3) is 0 Å². The molecule has 2 atom stereocenters. The minimum Gasteiger partial charge on any atom is -0.352 e. The lowest BCUT2D eigenvalue weighted by Crippen LogP contribution is -2.51. The lowest BCUT2D eigenvalue weighted by molar-refractivity contribution is -0.140. The van der Waals surface area contributed by atoms with Crippen molar-refractivity contribution in [2.75, 3.05) is 13.6 Å². The second-order valence-corrected chi connectivity index (χ2v) is 10.2. The molecule has 2 aromatic carbocycles. The fraction of sp³-hybridized carbons (Fsp3) is 0.391. The third-order valence-corrected chi connectivity index (χ3v) is 7.31. The summed E-state index contributed by atoms with van der Waals surface area (Å²) in [6.07, 6.45) is 0.757. The predicted octanol–water partition coefficient (Wildman–Crippen LogP) is 3.29. The summed E-state index contributed by atoms with van der Waals surface area (Å²) in [4.78, 5) is 27.4. The first-order valence-electron chi connectivity index (χ1n) is 10.4. The van der Waals surface area contributed by atoms with E-state index in [1.54, 1.807) is 6.92 Å². The number of halogens is 1. The van der Waals surface area contributed by atoms with Crippen molar-refractivity contribution in [3.8, 4) is 0 Å². The highest BCUT2D eigenvalue weighted by atomic mass is 35.5. The Balaban J connectivity index is 2.24. The zero-order valence-corrected chi connectivity index (χ0v) is 20.4. The fourth-order valence-electron chi connectivity index (χ4n) is 2.98. The van der Waals surface area contributed by atoms with E-state index in [4.69, 9.17) is 11.6 Å². The second-order valence-electron chi connectivity index (χ2n) is 7.72. The Bertz CT molecular complexity index is 1010. The van der Waals surface area contributed by atoms with E-state index in [-0.39, 0.29) is 23.4 Å². The quantitative estimate of drug-likeness (QED) is 0.566. The van der Waals surface area contributed by atoms with Gasteiger partial charge in [-0.3, -0.25) is 9.59 Å². The Morgan fingerprint density at radius 3 is 2.19 bits per heavy atom. The van der Waals surface area contributed by atoms with Gasteiger partial charge in [0.15, 0.2) is 0 Å². The maximum atomic E-state index is 13.2. The molecule has 2 unspecified atom stereocenters. The maximum absolute atomic E-state index is 13.2. The van der Waals surface area contributed by atoms with Gasteiger partial charge in [0.05, 0.1) is 11.4 Å². The molecule has 174 valence electrons. The smallest absolute Gasteiger partial charge is 0.243 e. The Morgan fingerprint density at radius 1 is 1.03 bits per heavy atom. The van der Waals surface area contributed by atoms with Gasteiger partial charge in [-0.05, 0) is 50.1 Å². The van der Waals surface area contributed by atoms with Crippen molar-refractivity contribution in [3.05, 3.63) is 65.2 Å². The molecule has 9 heteroatoms. The lowest BCUT2D eigenvalue weighted by Gasteiger charge is -2.31. The van der Waals surface area contributed by atoms with Crippen LogP contribution in [0.5, 0.6) is 0 Å². The van der Waals surface area contributed by atoms with E-state index in [1.807, 2.05) is 44.2 Å². The zero-order chi connectivity index (χ0) is 23.9. The highest BCUT2D eigenvalue weighted by Gasteiger charge is 2.30. The predicted molar refractivity (Wildman–Crippen MR) is 126 cm³/mol. The average Bonchev–Trinajstić information content (AvgIpc) is 2.77. The molecule has 0 saturated carbocycles. The molecule has 0 bridgehead atoms. The van der Waals surface area contributed by atoms with Crippen LogP contribution in [0.4, 0.5) is 0 Å². The minimum atomic E-state index is -3.90. The van der Waals surface area contributed by atoms with Crippen LogP contribution in [0.2, 0.25) is 5.02 Å². The summed E-state index contributed by atoms with van der Waals surface area (Å²) in [7, 11) is -2.56. The van der Waals surface area contributed by atoms with Crippen LogP contribution in [-0.2, 0) is 26.2 Å². The van der Waals surface area contributed by atoms with Crippen LogP contribution in [0.1, 0.15) is 32.8 Å². The Morgan fingerprint density at radius 2 is 1.62 bits per heavy atom. The van der Waals surface area contributed by atoms with Gasteiger partial charge in [-0.2, -0.15) is 4.31 Å². The number of hydrogen-bond acceptors (Lipinski definition) is 4. The molecule has 0 aromatic heterocycles. The number of nitrogens with zero attached hydrogens (tertiary/aromatic N) is 2. The molecule has 0 aliphatic rings. The largest absolute Gasteiger partial charge is 0.352 e. The maximum Gasteiger partial charge on any atom is 0.243 e. The van der Waals surface area contributed by atoms with E-state index in [0.717, 1.165) is 16.3 Å². The number of sulfonamides is 1. The highest BCUT2D eigenvalue weighted by molar-refractivity contribution is 7.89. The molecule has 32 heavy (non-hydrogen) atoms. The first-order valence-corrected chi connectivity index (χ1v) is 12.2. The van der Waals surface area contributed by atoms with Gasteiger partial charge in [0.1, 0.15) is 6.04 Å². The Kier molecular flexibility index (Phi) is 9.24. The van der Waals surface area contributed by atoms with Crippen molar-refractivity contribution in [2.24, 2.45) is 0 Å². The summed E-state index contributed by atoms with van der Waals surface area (Å²) < 4.78 is 26.7. The molecule has 2 aromatic rings. The number of benzene rings is 2. The van der Waals surface area contributed by atoms with Crippen molar-refractivity contribution < 1.29 is 18.0 Å². The van der Waals surface area contributed by atoms with Crippen molar-refractivity contribution in [2.45, 2.75) is 50.7 Å². The summed E-state index contributed by atoms with van der Waals surface area (Å²) in [5, 5.41) is 3.30. The molecular weight excluding hydrogens is 450 g/mol. The first kappa shape index (κ1) is 25.8. The van der Waals surface area contributed by atoms with Gasteiger partial charge in [0, 0.05) is 24.7 Å². The van der Waals surface area contributed by atoms with Gasteiger partial charge in [-0.1, -0.05) is 48.9 Å². The number of nitrogens with one attached hydrogen (secondary N) is 1. The van der Waals surface area contributed by atoms with Gasteiger partial charge in [0.2, 0.25) is 21.8 Å². The normalized spacial score (nSPS) is 13.4. The summed E-state index contributed by atoms with van der Waals surface area (Å²) in [6.45, 7) is 5.27. The van der Waals surface area contributed by atoms with Crippen LogP contribution >= 0.6 is 11.6 Å². The second kappa shape index (κ2) is 11.4. The summed E-state index contributed by atoms with van der Waals surface area (Å²) in [5.41, 5.74) is 0.840. The molecule has 0 radical (unpaired) electrons. The lowest BCUT2D eigenvalue weighted by atomic mass is 10.1. The van der Waals surface area contributed by atoms with Crippen LogP contribution in [0.25, 0.3) is 0 Å². The topological polar surface area (TPSA) is 86.8 Å². The Labute approximate surface area is 195 Å². The molecule has 0 saturated heterocycles. The van der Waals surface area contributed by atoms with Crippen molar-refractivity contribution in [3.63, 3.8) is 0 Å². The van der Waals surface area contributed by atoms with Gasteiger partial charge < -0.3 is 10.2 Å². The Hall–Kier alpha value is -2.42. The van der Waals surface area contributed by atoms with Gasteiger partial charge in [-0.15, -0.1) is 0 Å². The van der Waals surface area contributed by atoms with Crippen LogP contribution in [0.3, 0.4) is 0 Å². The van der Waals surface area contributed by atoms with Crippen molar-refractivity contribution in [1.82, 2.24) is 14.5 Å². The molecule has 0 heterocycles. The molecule has 0 fully saturated rings. The fourth-order valence-corrected chi connectivity index (χ4v) is 4.23. The van der Waals surface area contributed by atoms with E-state index in [0.29, 0.717) is 5.02 Å². The van der Waals surface area contributed by atoms with Crippen LogP contribution in [-0.4, -0.2) is 55.1 Å². The van der Waals surface area contributed by atoms with E-state index < -0.39 is 28.5 Å². The summed E-state index contributed by atoms with van der Waals surface area (Å²) in [5.74, 6) is -0.757.